The van der Waals surface area contributed by atoms with E-state index in [4.69, 9.17) is 9.47 Å². The molecule has 0 saturated heterocycles. The summed E-state index contributed by atoms with van der Waals surface area (Å²) in [4.78, 5) is 19.2. The van der Waals surface area contributed by atoms with E-state index in [0.29, 0.717) is 12.4 Å². The van der Waals surface area contributed by atoms with Crippen molar-refractivity contribution in [3.05, 3.63) is 15.9 Å². The highest BCUT2D eigenvalue weighted by molar-refractivity contribution is 5.62. The molecule has 0 bridgehead atoms. The van der Waals surface area contributed by atoms with Gasteiger partial charge < -0.3 is 14.8 Å². The van der Waals surface area contributed by atoms with Crippen LogP contribution in [-0.4, -0.2) is 34.6 Å². The third-order valence-corrected chi connectivity index (χ3v) is 3.58. The van der Waals surface area contributed by atoms with Crippen LogP contribution in [0.15, 0.2) is 0 Å². The number of methoxy groups -OCH3 is 1. The monoisotopic (exact) mass is 310 g/mol. The van der Waals surface area contributed by atoms with E-state index in [1.165, 1.54) is 13.5 Å². The minimum atomic E-state index is -0.493. The Labute approximate surface area is 129 Å². The maximum Gasteiger partial charge on any atom is 0.372 e. The molecule has 0 amide bonds. The molecule has 0 atom stereocenters. The van der Waals surface area contributed by atoms with Gasteiger partial charge in [0, 0.05) is 13.2 Å². The van der Waals surface area contributed by atoms with Crippen molar-refractivity contribution in [3.8, 4) is 5.88 Å². The summed E-state index contributed by atoms with van der Waals surface area (Å²) in [7, 11) is 1.53. The molecular weight excluding hydrogens is 288 g/mol. The molecular formula is C14H22N4O4. The highest BCUT2D eigenvalue weighted by Gasteiger charge is 2.28. The summed E-state index contributed by atoms with van der Waals surface area (Å²) in [5.41, 5.74) is -0.202. The first-order chi connectivity index (χ1) is 10.7. The number of rotatable bonds is 7. The molecule has 1 aromatic heterocycles. The molecule has 1 N–H and O–H groups in total. The average molecular weight is 310 g/mol. The number of ether oxygens (including phenoxy) is 2. The molecule has 0 aromatic carbocycles. The van der Waals surface area contributed by atoms with E-state index in [1.54, 1.807) is 6.92 Å². The summed E-state index contributed by atoms with van der Waals surface area (Å²) in [5, 5.41) is 14.6. The second kappa shape index (κ2) is 7.88. The largest absolute Gasteiger partial charge is 0.473 e. The normalized spacial score (nSPS) is 15.5. The first-order valence-electron chi connectivity index (χ1n) is 7.59. The van der Waals surface area contributed by atoms with Crippen molar-refractivity contribution in [2.45, 2.75) is 51.7 Å². The van der Waals surface area contributed by atoms with Crippen LogP contribution in [0.4, 0.5) is 11.5 Å². The molecule has 1 aliphatic rings. The lowest BCUT2D eigenvalue weighted by molar-refractivity contribution is -0.385. The second-order valence-electron chi connectivity index (χ2n) is 5.24. The standard InChI is InChI=1S/C14H22N4O4/c1-3-22-14-12(18(19)20)13(16-11(17-14)9-21-2)15-10-7-5-4-6-8-10/h10H,3-9H2,1-2H3,(H,15,16,17). The molecule has 122 valence electrons. The average Bonchev–Trinajstić information content (AvgIpc) is 2.48. The number of nitro groups is 1. The molecule has 1 heterocycles. The Morgan fingerprint density at radius 1 is 1.32 bits per heavy atom. The Morgan fingerprint density at radius 3 is 2.64 bits per heavy atom. The fourth-order valence-electron chi connectivity index (χ4n) is 2.61. The minimum Gasteiger partial charge on any atom is -0.473 e. The first-order valence-corrected chi connectivity index (χ1v) is 7.59. The zero-order chi connectivity index (χ0) is 15.9. The lowest BCUT2D eigenvalue weighted by Crippen LogP contribution is -2.24. The molecule has 8 nitrogen and oxygen atoms in total. The van der Waals surface area contributed by atoms with Gasteiger partial charge in [-0.05, 0) is 19.8 Å². The fourth-order valence-corrected chi connectivity index (χ4v) is 2.61. The predicted molar refractivity (Wildman–Crippen MR) is 81.1 cm³/mol. The number of hydrogen-bond acceptors (Lipinski definition) is 7. The Hall–Kier alpha value is -1.96. The summed E-state index contributed by atoms with van der Waals surface area (Å²) in [5.74, 6) is 0.588. The van der Waals surface area contributed by atoms with E-state index in [1.807, 2.05) is 0 Å². The number of nitrogens with zero attached hydrogens (tertiary/aromatic N) is 3. The van der Waals surface area contributed by atoms with Crippen molar-refractivity contribution in [3.63, 3.8) is 0 Å². The smallest absolute Gasteiger partial charge is 0.372 e. The fraction of sp³-hybridized carbons (Fsp3) is 0.714. The van der Waals surface area contributed by atoms with Crippen LogP contribution in [0.25, 0.3) is 0 Å². The molecule has 1 fully saturated rings. The van der Waals surface area contributed by atoms with Crippen LogP contribution in [0, 0.1) is 10.1 Å². The predicted octanol–water partition coefficient (Wildman–Crippen LogP) is 2.67. The third-order valence-electron chi connectivity index (χ3n) is 3.58. The summed E-state index contributed by atoms with van der Waals surface area (Å²) in [6.45, 7) is 2.24. The maximum absolute atomic E-state index is 11.4. The molecule has 0 aliphatic heterocycles. The van der Waals surface area contributed by atoms with Gasteiger partial charge in [-0.15, -0.1) is 0 Å². The van der Waals surface area contributed by atoms with E-state index >= 15 is 0 Å². The van der Waals surface area contributed by atoms with Crippen LogP contribution >= 0.6 is 0 Å². The van der Waals surface area contributed by atoms with E-state index in [-0.39, 0.29) is 30.0 Å². The van der Waals surface area contributed by atoms with Gasteiger partial charge in [0.05, 0.1) is 11.5 Å². The Bertz CT molecular complexity index is 518. The van der Waals surface area contributed by atoms with E-state index in [2.05, 4.69) is 15.3 Å². The number of aromatic nitrogens is 2. The van der Waals surface area contributed by atoms with E-state index < -0.39 is 4.92 Å². The van der Waals surface area contributed by atoms with E-state index in [0.717, 1.165) is 25.7 Å². The Morgan fingerprint density at radius 2 is 2.05 bits per heavy atom. The lowest BCUT2D eigenvalue weighted by Gasteiger charge is -2.23. The van der Waals surface area contributed by atoms with Crippen molar-refractivity contribution < 1.29 is 14.4 Å². The van der Waals surface area contributed by atoms with Crippen LogP contribution in [0.5, 0.6) is 5.88 Å². The summed E-state index contributed by atoms with van der Waals surface area (Å²) in [6.07, 6.45) is 5.44. The first kappa shape index (κ1) is 16.4. The van der Waals surface area contributed by atoms with Crippen molar-refractivity contribution in [2.75, 3.05) is 19.0 Å². The summed E-state index contributed by atoms with van der Waals surface area (Å²) >= 11 is 0. The van der Waals surface area contributed by atoms with E-state index in [9.17, 15) is 10.1 Å². The van der Waals surface area contributed by atoms with Crippen LogP contribution in [0.2, 0.25) is 0 Å². The number of hydrogen-bond donors (Lipinski definition) is 1. The van der Waals surface area contributed by atoms with Gasteiger partial charge in [-0.2, -0.15) is 4.98 Å². The SMILES string of the molecule is CCOc1nc(COC)nc(NC2CCCCC2)c1[N+](=O)[O-]. The Balaban J connectivity index is 2.35. The maximum atomic E-state index is 11.4. The van der Waals surface area contributed by atoms with Crippen molar-refractivity contribution in [2.24, 2.45) is 0 Å². The summed E-state index contributed by atoms with van der Waals surface area (Å²) < 4.78 is 10.4. The Kier molecular flexibility index (Phi) is 5.88. The van der Waals surface area contributed by atoms with Crippen molar-refractivity contribution >= 4 is 11.5 Å². The molecule has 1 aliphatic carbocycles. The molecule has 2 rings (SSSR count). The lowest BCUT2D eigenvalue weighted by atomic mass is 9.95. The summed E-state index contributed by atoms with van der Waals surface area (Å²) in [6, 6.07) is 0.201. The highest BCUT2D eigenvalue weighted by Crippen LogP contribution is 2.34. The quantitative estimate of drug-likeness (QED) is 0.610. The van der Waals surface area contributed by atoms with Gasteiger partial charge in [0.1, 0.15) is 6.61 Å². The third kappa shape index (κ3) is 4.03. The van der Waals surface area contributed by atoms with Gasteiger partial charge in [0.15, 0.2) is 5.82 Å². The zero-order valence-corrected chi connectivity index (χ0v) is 13.0. The molecule has 0 radical (unpaired) electrons. The molecule has 1 saturated carbocycles. The molecule has 0 spiro atoms. The van der Waals surface area contributed by atoms with Gasteiger partial charge >= 0.3 is 5.69 Å². The topological polar surface area (TPSA) is 99.4 Å². The molecule has 1 aromatic rings. The van der Waals surface area contributed by atoms with Crippen LogP contribution < -0.4 is 10.1 Å². The number of anilines is 1. The van der Waals surface area contributed by atoms with Gasteiger partial charge in [-0.3, -0.25) is 10.1 Å². The second-order valence-corrected chi connectivity index (χ2v) is 5.24. The van der Waals surface area contributed by atoms with Crippen molar-refractivity contribution in [1.82, 2.24) is 9.97 Å². The van der Waals surface area contributed by atoms with Crippen LogP contribution in [-0.2, 0) is 11.3 Å². The minimum absolute atomic E-state index is 0.00661. The molecule has 0 unspecified atom stereocenters. The molecule has 22 heavy (non-hydrogen) atoms. The van der Waals surface area contributed by atoms with Crippen LogP contribution in [0.3, 0.4) is 0 Å². The van der Waals surface area contributed by atoms with Gasteiger partial charge in [-0.25, -0.2) is 4.98 Å². The van der Waals surface area contributed by atoms with Gasteiger partial charge in [0.25, 0.3) is 5.88 Å². The van der Waals surface area contributed by atoms with Gasteiger partial charge in [-0.1, -0.05) is 19.3 Å². The number of nitrogens with one attached hydrogen (secondary N) is 1. The van der Waals surface area contributed by atoms with Crippen molar-refractivity contribution in [1.29, 1.82) is 0 Å². The molecule has 8 heteroatoms. The van der Waals surface area contributed by atoms with Gasteiger partial charge in [0.2, 0.25) is 5.82 Å². The highest BCUT2D eigenvalue weighted by atomic mass is 16.6. The van der Waals surface area contributed by atoms with Crippen LogP contribution in [0.1, 0.15) is 44.9 Å². The zero-order valence-electron chi connectivity index (χ0n) is 13.0.